The van der Waals surface area contributed by atoms with E-state index in [0.29, 0.717) is 22.3 Å². The van der Waals surface area contributed by atoms with E-state index < -0.39 is 5.82 Å². The van der Waals surface area contributed by atoms with Crippen LogP contribution in [0.1, 0.15) is 0 Å². The van der Waals surface area contributed by atoms with Crippen LogP contribution in [0, 0.1) is 5.82 Å². The molecule has 118 valence electrons. The lowest BCUT2D eigenvalue weighted by Crippen LogP contribution is -2.06. The van der Waals surface area contributed by atoms with Crippen molar-refractivity contribution in [2.45, 2.75) is 0 Å². The van der Waals surface area contributed by atoms with Crippen LogP contribution in [0.25, 0.3) is 22.2 Å². The number of para-hydroxylation sites is 1. The van der Waals surface area contributed by atoms with Crippen LogP contribution in [0.15, 0.2) is 59.5 Å². The number of H-pyrrole nitrogens is 2. The maximum atomic E-state index is 13.6. The highest BCUT2D eigenvalue weighted by Gasteiger charge is 2.11. The van der Waals surface area contributed by atoms with Gasteiger partial charge in [-0.2, -0.15) is 10.2 Å². The molecule has 0 amide bonds. The van der Waals surface area contributed by atoms with Crippen molar-refractivity contribution in [2.24, 2.45) is 0 Å². The average Bonchev–Trinajstić information content (AvgIpc) is 3.03. The number of aromatic nitrogens is 4. The van der Waals surface area contributed by atoms with Gasteiger partial charge >= 0.3 is 0 Å². The largest absolute Gasteiger partial charge is 0.454 e. The van der Waals surface area contributed by atoms with Crippen molar-refractivity contribution < 1.29 is 9.13 Å². The van der Waals surface area contributed by atoms with Crippen LogP contribution in [0.4, 0.5) is 4.39 Å². The Hall–Kier alpha value is -3.48. The number of halogens is 1. The molecule has 0 radical (unpaired) electrons. The van der Waals surface area contributed by atoms with Crippen molar-refractivity contribution in [2.75, 3.05) is 0 Å². The van der Waals surface area contributed by atoms with E-state index in [9.17, 15) is 9.18 Å². The molecule has 7 heteroatoms. The van der Waals surface area contributed by atoms with Crippen molar-refractivity contribution in [3.8, 4) is 22.8 Å². The zero-order chi connectivity index (χ0) is 16.5. The first kappa shape index (κ1) is 14.1. The fourth-order valence-electron chi connectivity index (χ4n) is 2.42. The predicted octanol–water partition coefficient (Wildman–Crippen LogP) is 3.24. The minimum absolute atomic E-state index is 0.159. The van der Waals surface area contributed by atoms with Gasteiger partial charge in [0, 0.05) is 5.56 Å². The van der Waals surface area contributed by atoms with E-state index in [1.807, 2.05) is 0 Å². The lowest BCUT2D eigenvalue weighted by Gasteiger charge is -2.07. The van der Waals surface area contributed by atoms with Crippen LogP contribution < -0.4 is 10.3 Å². The molecule has 0 fully saturated rings. The van der Waals surface area contributed by atoms with Crippen molar-refractivity contribution in [3.63, 3.8) is 0 Å². The zero-order valence-electron chi connectivity index (χ0n) is 12.3. The number of nitrogens with zero attached hydrogens (tertiary/aromatic N) is 2. The van der Waals surface area contributed by atoms with Crippen LogP contribution in [0.5, 0.6) is 11.5 Å². The highest BCUT2D eigenvalue weighted by atomic mass is 19.1. The maximum Gasteiger partial charge on any atom is 0.290 e. The molecule has 0 bridgehead atoms. The molecule has 4 rings (SSSR count). The highest BCUT2D eigenvalue weighted by Crippen LogP contribution is 2.28. The quantitative estimate of drug-likeness (QED) is 0.606. The van der Waals surface area contributed by atoms with Gasteiger partial charge in [-0.1, -0.05) is 12.1 Å². The summed E-state index contributed by atoms with van der Waals surface area (Å²) < 4.78 is 19.1. The molecule has 2 aromatic carbocycles. The second kappa shape index (κ2) is 5.62. The first-order valence-corrected chi connectivity index (χ1v) is 7.17. The molecule has 0 saturated heterocycles. The molecule has 4 aromatic rings. The molecule has 0 unspecified atom stereocenters. The van der Waals surface area contributed by atoms with E-state index in [1.54, 1.807) is 48.7 Å². The highest BCUT2D eigenvalue weighted by molar-refractivity contribution is 5.91. The third-order valence-corrected chi connectivity index (χ3v) is 3.58. The number of ether oxygens (including phenoxy) is 1. The van der Waals surface area contributed by atoms with E-state index in [2.05, 4.69) is 20.4 Å². The smallest absolute Gasteiger partial charge is 0.290 e. The van der Waals surface area contributed by atoms with E-state index in [4.69, 9.17) is 4.74 Å². The Morgan fingerprint density at radius 2 is 1.79 bits per heavy atom. The van der Waals surface area contributed by atoms with Crippen molar-refractivity contribution in [1.82, 2.24) is 20.4 Å². The van der Waals surface area contributed by atoms with Crippen molar-refractivity contribution >= 4 is 10.9 Å². The van der Waals surface area contributed by atoms with Crippen LogP contribution in [-0.4, -0.2) is 20.4 Å². The number of hydrogen-bond acceptors (Lipinski definition) is 4. The second-order valence-corrected chi connectivity index (χ2v) is 5.12. The second-order valence-electron chi connectivity index (χ2n) is 5.12. The Kier molecular flexibility index (Phi) is 3.31. The summed E-state index contributed by atoms with van der Waals surface area (Å²) in [7, 11) is 0. The van der Waals surface area contributed by atoms with Gasteiger partial charge in [-0.05, 0) is 36.4 Å². The van der Waals surface area contributed by atoms with Gasteiger partial charge < -0.3 is 4.74 Å². The molecular weight excluding hydrogens is 311 g/mol. The van der Waals surface area contributed by atoms with Crippen LogP contribution >= 0.6 is 0 Å². The van der Waals surface area contributed by atoms with Gasteiger partial charge in [-0.15, -0.1) is 0 Å². The van der Waals surface area contributed by atoms with Crippen LogP contribution in [-0.2, 0) is 0 Å². The number of fused-ring (bicyclic) bond motifs is 1. The van der Waals surface area contributed by atoms with Crippen molar-refractivity contribution in [3.05, 3.63) is 70.9 Å². The Bertz CT molecular complexity index is 1070. The predicted molar refractivity (Wildman–Crippen MR) is 86.4 cm³/mol. The monoisotopic (exact) mass is 322 g/mol. The normalized spacial score (nSPS) is 10.9. The van der Waals surface area contributed by atoms with Gasteiger partial charge in [-0.3, -0.25) is 9.89 Å². The van der Waals surface area contributed by atoms with Crippen LogP contribution in [0.2, 0.25) is 0 Å². The molecule has 0 aliphatic rings. The average molecular weight is 322 g/mol. The van der Waals surface area contributed by atoms with E-state index >= 15 is 0 Å². The first-order valence-electron chi connectivity index (χ1n) is 7.17. The SMILES string of the molecule is O=c1[nH]ncc2c(-c3ccc(Oc4ccccc4F)cc3)n[nH]c12. The summed E-state index contributed by atoms with van der Waals surface area (Å²) in [5.41, 5.74) is 1.44. The lowest BCUT2D eigenvalue weighted by molar-refractivity contribution is 0.442. The van der Waals surface area contributed by atoms with Crippen molar-refractivity contribution in [1.29, 1.82) is 0 Å². The summed E-state index contributed by atoms with van der Waals surface area (Å²) in [6, 6.07) is 13.2. The van der Waals surface area contributed by atoms with Gasteiger partial charge in [0.25, 0.3) is 5.56 Å². The minimum Gasteiger partial charge on any atom is -0.454 e. The van der Waals surface area contributed by atoms with E-state index in [0.717, 1.165) is 5.56 Å². The zero-order valence-corrected chi connectivity index (χ0v) is 12.3. The summed E-state index contributed by atoms with van der Waals surface area (Å²) in [5.74, 6) is 0.232. The fourth-order valence-corrected chi connectivity index (χ4v) is 2.42. The van der Waals surface area contributed by atoms with E-state index in [1.165, 1.54) is 6.07 Å². The lowest BCUT2D eigenvalue weighted by atomic mass is 10.1. The van der Waals surface area contributed by atoms with Gasteiger partial charge in [0.1, 0.15) is 17.0 Å². The Labute approximate surface area is 134 Å². The summed E-state index contributed by atoms with van der Waals surface area (Å²) in [4.78, 5) is 11.7. The summed E-state index contributed by atoms with van der Waals surface area (Å²) in [6.07, 6.45) is 1.54. The molecular formula is C17H11FN4O2. The molecule has 0 atom stereocenters. The molecule has 0 saturated carbocycles. The number of hydrogen-bond donors (Lipinski definition) is 2. The molecule has 0 aliphatic heterocycles. The Morgan fingerprint density at radius 3 is 2.58 bits per heavy atom. The molecule has 0 aliphatic carbocycles. The number of benzene rings is 2. The number of rotatable bonds is 3. The number of aromatic amines is 2. The summed E-state index contributed by atoms with van der Waals surface area (Å²) >= 11 is 0. The third-order valence-electron chi connectivity index (χ3n) is 3.58. The molecule has 2 aromatic heterocycles. The van der Waals surface area contributed by atoms with Gasteiger partial charge in [0.15, 0.2) is 11.6 Å². The van der Waals surface area contributed by atoms with Crippen LogP contribution in [0.3, 0.4) is 0 Å². The third kappa shape index (κ3) is 2.41. The Balaban J connectivity index is 1.67. The molecule has 24 heavy (non-hydrogen) atoms. The fraction of sp³-hybridized carbons (Fsp3) is 0. The van der Waals surface area contributed by atoms with Gasteiger partial charge in [0.2, 0.25) is 0 Å². The first-order chi connectivity index (χ1) is 11.7. The van der Waals surface area contributed by atoms with Gasteiger partial charge in [0.05, 0.1) is 11.6 Å². The standard InChI is InChI=1S/C17H11FN4O2/c18-13-3-1-2-4-14(13)24-11-7-5-10(6-8-11)15-12-9-19-22-17(23)16(12)21-20-15/h1-9H,(H,20,21)(H,22,23). The minimum atomic E-state index is -0.426. The molecule has 6 nitrogen and oxygen atoms in total. The molecule has 2 N–H and O–H groups in total. The summed E-state index contributed by atoms with van der Waals surface area (Å²) in [5, 5.41) is 13.6. The summed E-state index contributed by atoms with van der Waals surface area (Å²) in [6.45, 7) is 0. The number of nitrogens with one attached hydrogen (secondary N) is 2. The van der Waals surface area contributed by atoms with E-state index in [-0.39, 0.29) is 11.3 Å². The Morgan fingerprint density at radius 1 is 1.00 bits per heavy atom. The molecule has 2 heterocycles. The van der Waals surface area contributed by atoms with Gasteiger partial charge in [-0.25, -0.2) is 9.49 Å². The molecule has 0 spiro atoms. The topological polar surface area (TPSA) is 83.7 Å². The maximum absolute atomic E-state index is 13.6.